The van der Waals surface area contributed by atoms with Gasteiger partial charge in [-0.15, -0.1) is 0 Å². The van der Waals surface area contributed by atoms with E-state index in [9.17, 15) is 5.11 Å². The normalized spacial score (nSPS) is 48.7. The van der Waals surface area contributed by atoms with Crippen LogP contribution < -0.4 is 0 Å². The molecule has 4 rings (SSSR count). The second-order valence-corrected chi connectivity index (χ2v) is 7.58. The largest absolute Gasteiger partial charge is 0.396 e. The summed E-state index contributed by atoms with van der Waals surface area (Å²) in [6.45, 7) is 6.42. The van der Waals surface area contributed by atoms with Gasteiger partial charge in [0.15, 0.2) is 11.9 Å². The van der Waals surface area contributed by atoms with Gasteiger partial charge in [0.25, 0.3) is 0 Å². The minimum atomic E-state index is -0.806. The minimum Gasteiger partial charge on any atom is -0.396 e. The molecular formula is C16H28O5. The Kier molecular flexibility index (Phi) is 3.86. The zero-order valence-corrected chi connectivity index (χ0v) is 13.6. The van der Waals surface area contributed by atoms with Gasteiger partial charge in [0, 0.05) is 19.1 Å². The molecule has 4 aliphatic rings. The maximum atomic E-state index is 9.44. The van der Waals surface area contributed by atoms with Gasteiger partial charge >= 0.3 is 0 Å². The van der Waals surface area contributed by atoms with Crippen molar-refractivity contribution >= 4 is 0 Å². The van der Waals surface area contributed by atoms with E-state index in [1.807, 2.05) is 6.92 Å². The van der Waals surface area contributed by atoms with Gasteiger partial charge in [-0.2, -0.15) is 4.89 Å². The number of ether oxygens (including phenoxy) is 2. The van der Waals surface area contributed by atoms with Crippen molar-refractivity contribution in [3.63, 3.8) is 0 Å². The van der Waals surface area contributed by atoms with Crippen molar-refractivity contribution in [3.05, 3.63) is 0 Å². The predicted molar refractivity (Wildman–Crippen MR) is 76.1 cm³/mol. The standard InChI is InChI=1S/C16H28O5/c1-14(2)10-12-7-5-6-11(8-9-17)16(12)13(18-4)19-15(14,3)20-21-16/h11-13,17H,5-10H2,1-4H3/t11?,12-,13+,15+,16?/m1/s1. The fourth-order valence-corrected chi connectivity index (χ4v) is 4.52. The number of hydrogen-bond acceptors (Lipinski definition) is 5. The van der Waals surface area contributed by atoms with Gasteiger partial charge in [0.2, 0.25) is 5.79 Å². The highest BCUT2D eigenvalue weighted by molar-refractivity contribution is 5.07. The van der Waals surface area contributed by atoms with E-state index in [2.05, 4.69) is 13.8 Å². The van der Waals surface area contributed by atoms with Gasteiger partial charge in [-0.1, -0.05) is 20.3 Å². The predicted octanol–water partition coefficient (Wildman–Crippen LogP) is 2.62. The van der Waals surface area contributed by atoms with Crippen LogP contribution >= 0.6 is 0 Å². The van der Waals surface area contributed by atoms with Gasteiger partial charge in [-0.25, -0.2) is 4.89 Å². The third-order valence-corrected chi connectivity index (χ3v) is 6.10. The summed E-state index contributed by atoms with van der Waals surface area (Å²) < 4.78 is 11.9. The Hall–Kier alpha value is -0.200. The monoisotopic (exact) mass is 300 g/mol. The lowest BCUT2D eigenvalue weighted by Gasteiger charge is -2.53. The molecule has 3 aliphatic heterocycles. The molecule has 0 amide bonds. The number of aliphatic hydroxyl groups excluding tert-OH is 1. The molecule has 21 heavy (non-hydrogen) atoms. The number of rotatable bonds is 3. The maximum Gasteiger partial charge on any atom is 0.206 e. The van der Waals surface area contributed by atoms with E-state index in [-0.39, 0.29) is 17.9 Å². The van der Waals surface area contributed by atoms with Crippen molar-refractivity contribution < 1.29 is 24.4 Å². The quantitative estimate of drug-likeness (QED) is 0.812. The van der Waals surface area contributed by atoms with Crippen LogP contribution in [0.15, 0.2) is 0 Å². The van der Waals surface area contributed by atoms with Crippen molar-refractivity contribution in [2.75, 3.05) is 13.7 Å². The lowest BCUT2D eigenvalue weighted by atomic mass is 9.62. The average Bonchev–Trinajstić information content (AvgIpc) is 2.57. The summed E-state index contributed by atoms with van der Waals surface area (Å²) in [7, 11) is 1.67. The van der Waals surface area contributed by atoms with Crippen LogP contribution in [0.1, 0.15) is 52.9 Å². The van der Waals surface area contributed by atoms with Crippen molar-refractivity contribution in [2.24, 2.45) is 17.3 Å². The number of aliphatic hydroxyl groups is 1. The summed E-state index contributed by atoms with van der Waals surface area (Å²) in [6.07, 6.45) is 4.49. The Labute approximate surface area is 126 Å². The molecule has 2 bridgehead atoms. The minimum absolute atomic E-state index is 0.152. The van der Waals surface area contributed by atoms with E-state index >= 15 is 0 Å². The molecule has 1 saturated carbocycles. The van der Waals surface area contributed by atoms with E-state index in [1.54, 1.807) is 7.11 Å². The topological polar surface area (TPSA) is 57.2 Å². The maximum absolute atomic E-state index is 9.44. The molecule has 0 aromatic heterocycles. The molecule has 0 aromatic carbocycles. The summed E-state index contributed by atoms with van der Waals surface area (Å²) in [5.41, 5.74) is -0.753. The zero-order valence-electron chi connectivity index (χ0n) is 13.6. The van der Waals surface area contributed by atoms with E-state index < -0.39 is 17.7 Å². The first-order chi connectivity index (χ1) is 9.89. The first kappa shape index (κ1) is 15.7. The smallest absolute Gasteiger partial charge is 0.206 e. The van der Waals surface area contributed by atoms with Crippen molar-refractivity contribution in [1.82, 2.24) is 0 Å². The molecule has 1 N–H and O–H groups in total. The van der Waals surface area contributed by atoms with E-state index in [0.29, 0.717) is 12.3 Å². The van der Waals surface area contributed by atoms with Crippen LogP contribution in [0.5, 0.6) is 0 Å². The van der Waals surface area contributed by atoms with Gasteiger partial charge in [0.1, 0.15) is 0 Å². The molecule has 5 heteroatoms. The Morgan fingerprint density at radius 2 is 1.95 bits per heavy atom. The molecule has 3 heterocycles. The first-order valence-corrected chi connectivity index (χ1v) is 8.08. The molecular weight excluding hydrogens is 272 g/mol. The third kappa shape index (κ3) is 2.09. The first-order valence-electron chi connectivity index (χ1n) is 8.08. The second-order valence-electron chi connectivity index (χ2n) is 7.58. The zero-order chi connectivity index (χ0) is 15.3. The molecule has 122 valence electrons. The highest BCUT2D eigenvalue weighted by Crippen LogP contribution is 2.60. The van der Waals surface area contributed by atoms with Crippen LogP contribution in [0, 0.1) is 17.3 Å². The summed E-state index contributed by atoms with van der Waals surface area (Å²) in [4.78, 5) is 11.8. The van der Waals surface area contributed by atoms with Gasteiger partial charge in [0.05, 0.1) is 0 Å². The highest BCUT2D eigenvalue weighted by Gasteiger charge is 2.68. The van der Waals surface area contributed by atoms with Crippen LogP contribution in [0.4, 0.5) is 0 Å². The molecule has 2 unspecified atom stereocenters. The highest BCUT2D eigenvalue weighted by atomic mass is 17.3. The van der Waals surface area contributed by atoms with Crippen LogP contribution in [0.25, 0.3) is 0 Å². The number of hydrogen-bond donors (Lipinski definition) is 1. The van der Waals surface area contributed by atoms with Crippen LogP contribution in [-0.4, -0.2) is 36.5 Å². The molecule has 0 radical (unpaired) electrons. The fraction of sp³-hybridized carbons (Fsp3) is 1.00. The van der Waals surface area contributed by atoms with Gasteiger partial charge in [-0.3, -0.25) is 0 Å². The van der Waals surface area contributed by atoms with E-state index in [4.69, 9.17) is 19.2 Å². The molecule has 1 aliphatic carbocycles. The Morgan fingerprint density at radius 3 is 2.62 bits per heavy atom. The van der Waals surface area contributed by atoms with Crippen LogP contribution in [0.3, 0.4) is 0 Å². The summed E-state index contributed by atoms with van der Waals surface area (Å²) >= 11 is 0. The number of fused-ring (bicyclic) bond motifs is 3. The van der Waals surface area contributed by atoms with Crippen molar-refractivity contribution in [3.8, 4) is 0 Å². The summed E-state index contributed by atoms with van der Waals surface area (Å²) in [6, 6.07) is 0. The van der Waals surface area contributed by atoms with Crippen molar-refractivity contribution in [2.45, 2.75) is 70.6 Å². The van der Waals surface area contributed by atoms with Gasteiger partial charge in [-0.05, 0) is 44.4 Å². The summed E-state index contributed by atoms with van der Waals surface area (Å²) in [5, 5.41) is 9.44. The molecule has 4 fully saturated rings. The van der Waals surface area contributed by atoms with Crippen LogP contribution in [0.2, 0.25) is 0 Å². The molecule has 5 nitrogen and oxygen atoms in total. The molecule has 3 saturated heterocycles. The Balaban J connectivity index is 2.05. The molecule has 0 aromatic rings. The lowest BCUT2D eigenvalue weighted by Crippen LogP contribution is -2.64. The molecule has 1 spiro atoms. The lowest BCUT2D eigenvalue weighted by molar-refractivity contribution is -0.566. The second kappa shape index (κ2) is 5.17. The third-order valence-electron chi connectivity index (χ3n) is 6.10. The van der Waals surface area contributed by atoms with Crippen molar-refractivity contribution in [1.29, 1.82) is 0 Å². The average molecular weight is 300 g/mol. The SMILES string of the molecule is CO[C@H]1O[C@@]2(C)OOC13C(CCO)CCC[C@@H]3CC2(C)C. The van der Waals surface area contributed by atoms with E-state index in [1.165, 1.54) is 0 Å². The Bertz CT molecular complexity index is 396. The van der Waals surface area contributed by atoms with Gasteiger partial charge < -0.3 is 14.6 Å². The molecule has 5 atom stereocenters. The fourth-order valence-electron chi connectivity index (χ4n) is 4.52. The Morgan fingerprint density at radius 1 is 1.19 bits per heavy atom. The van der Waals surface area contributed by atoms with Crippen LogP contribution in [-0.2, 0) is 19.2 Å². The number of methoxy groups -OCH3 is 1. The summed E-state index contributed by atoms with van der Waals surface area (Å²) in [5.74, 6) is -0.281. The van der Waals surface area contributed by atoms with E-state index in [0.717, 1.165) is 25.7 Å².